The van der Waals surface area contributed by atoms with Crippen LogP contribution in [-0.2, 0) is 0 Å². The number of Topliss-reactive ketones (excluding diaryl/α,β-unsaturated/α-hetero) is 1. The zero-order chi connectivity index (χ0) is 18.0. The number of ketones is 1. The van der Waals surface area contributed by atoms with Crippen LogP contribution in [0.15, 0.2) is 53.0 Å². The first-order valence-electron chi connectivity index (χ1n) is 7.84. The molecule has 2 aromatic carbocycles. The van der Waals surface area contributed by atoms with Crippen LogP contribution in [0.5, 0.6) is 11.8 Å². The summed E-state index contributed by atoms with van der Waals surface area (Å²) in [6, 6.07) is 15.5. The number of carbonyl (C=O) groups excluding carboxylic acids is 1. The fourth-order valence-electron chi connectivity index (χ4n) is 2.54. The summed E-state index contributed by atoms with van der Waals surface area (Å²) in [6.07, 6.45) is 0. The number of benzene rings is 2. The maximum Gasteiger partial charge on any atom is 0.322 e. The van der Waals surface area contributed by atoms with E-state index >= 15 is 0 Å². The fraction of sp³-hybridized carbons (Fsp3) is 0.150. The van der Waals surface area contributed by atoms with Crippen LogP contribution in [0.3, 0.4) is 0 Å². The Morgan fingerprint density at radius 1 is 0.960 bits per heavy atom. The Hall–Kier alpha value is -2.53. The molecule has 5 heteroatoms. The summed E-state index contributed by atoms with van der Waals surface area (Å²) in [7, 11) is 0. The number of aryl methyl sites for hydroxylation is 2. The third-order valence-electron chi connectivity index (χ3n) is 3.77. The van der Waals surface area contributed by atoms with Gasteiger partial charge in [0.25, 0.3) is 0 Å². The normalized spacial score (nSPS) is 10.6. The minimum Gasteiger partial charge on any atom is -0.424 e. The van der Waals surface area contributed by atoms with Crippen LogP contribution in [0.25, 0.3) is 11.3 Å². The molecule has 0 aliphatic rings. The molecule has 0 aliphatic carbocycles. The Kier molecular flexibility index (Phi) is 4.95. The van der Waals surface area contributed by atoms with Gasteiger partial charge in [0.2, 0.25) is 0 Å². The summed E-state index contributed by atoms with van der Waals surface area (Å²) in [6.45, 7) is 5.34. The van der Waals surface area contributed by atoms with Crippen molar-refractivity contribution in [1.82, 2.24) is 9.97 Å². The molecule has 0 amide bonds. The van der Waals surface area contributed by atoms with Gasteiger partial charge >= 0.3 is 6.01 Å². The molecule has 25 heavy (non-hydrogen) atoms. The molecular formula is C20H17BrN2O2. The van der Waals surface area contributed by atoms with E-state index in [0.29, 0.717) is 22.7 Å². The van der Waals surface area contributed by atoms with E-state index in [4.69, 9.17) is 4.74 Å². The number of hydrogen-bond donors (Lipinski definition) is 0. The Labute approximate surface area is 155 Å². The molecule has 0 fully saturated rings. The molecule has 0 aliphatic heterocycles. The first-order valence-corrected chi connectivity index (χ1v) is 8.63. The van der Waals surface area contributed by atoms with Crippen molar-refractivity contribution in [2.45, 2.75) is 20.8 Å². The van der Waals surface area contributed by atoms with E-state index in [1.165, 1.54) is 6.92 Å². The highest BCUT2D eigenvalue weighted by Crippen LogP contribution is 2.28. The van der Waals surface area contributed by atoms with E-state index in [-0.39, 0.29) is 11.8 Å². The molecule has 0 unspecified atom stereocenters. The lowest BCUT2D eigenvalue weighted by Crippen LogP contribution is -2.06. The summed E-state index contributed by atoms with van der Waals surface area (Å²) in [5.74, 6) is 0.566. The lowest BCUT2D eigenvalue weighted by molar-refractivity contribution is 0.101. The van der Waals surface area contributed by atoms with E-state index in [1.807, 2.05) is 55.5 Å². The molecule has 0 radical (unpaired) electrons. The number of hydrogen-bond acceptors (Lipinski definition) is 4. The van der Waals surface area contributed by atoms with Crippen molar-refractivity contribution in [2.24, 2.45) is 0 Å². The van der Waals surface area contributed by atoms with Crippen LogP contribution in [0.2, 0.25) is 0 Å². The predicted octanol–water partition coefficient (Wildman–Crippen LogP) is 5.52. The maximum absolute atomic E-state index is 12.1. The number of nitrogens with zero attached hydrogens (tertiary/aromatic N) is 2. The number of ether oxygens (including phenoxy) is 1. The minimum atomic E-state index is -0.0664. The van der Waals surface area contributed by atoms with E-state index in [1.54, 1.807) is 6.92 Å². The zero-order valence-electron chi connectivity index (χ0n) is 14.2. The number of rotatable bonds is 4. The number of halogens is 1. The molecule has 4 nitrogen and oxygen atoms in total. The Bertz CT molecular complexity index is 920. The van der Waals surface area contributed by atoms with Crippen molar-refractivity contribution in [3.63, 3.8) is 0 Å². The van der Waals surface area contributed by atoms with E-state index in [9.17, 15) is 4.79 Å². The summed E-state index contributed by atoms with van der Waals surface area (Å²) < 4.78 is 6.74. The summed E-state index contributed by atoms with van der Waals surface area (Å²) in [4.78, 5) is 21.0. The lowest BCUT2D eigenvalue weighted by Gasteiger charge is -2.12. The quantitative estimate of drug-likeness (QED) is 0.544. The highest BCUT2D eigenvalue weighted by Gasteiger charge is 2.18. The Balaban J connectivity index is 2.08. The molecule has 0 spiro atoms. The largest absolute Gasteiger partial charge is 0.424 e. The van der Waals surface area contributed by atoms with Gasteiger partial charge in [-0.1, -0.05) is 45.8 Å². The monoisotopic (exact) mass is 396 g/mol. The molecule has 0 atom stereocenters. The molecule has 1 heterocycles. The van der Waals surface area contributed by atoms with Crippen LogP contribution in [0.4, 0.5) is 0 Å². The van der Waals surface area contributed by atoms with Crippen LogP contribution in [-0.4, -0.2) is 15.8 Å². The van der Waals surface area contributed by atoms with Gasteiger partial charge in [-0.15, -0.1) is 0 Å². The average Bonchev–Trinajstić information content (AvgIpc) is 2.57. The summed E-state index contributed by atoms with van der Waals surface area (Å²) in [5, 5.41) is 0. The average molecular weight is 397 g/mol. The van der Waals surface area contributed by atoms with Crippen molar-refractivity contribution in [3.05, 3.63) is 69.8 Å². The second-order valence-corrected chi connectivity index (χ2v) is 6.71. The first kappa shape index (κ1) is 17.3. The lowest BCUT2D eigenvalue weighted by atomic mass is 10.0. The SMILES string of the molecule is CC(=O)c1c(C)nc(Oc2ccc(Br)cc2)nc1-c1ccc(C)cc1. The van der Waals surface area contributed by atoms with E-state index in [0.717, 1.165) is 15.6 Å². The van der Waals surface area contributed by atoms with Gasteiger partial charge in [-0.2, -0.15) is 9.97 Å². The third kappa shape index (κ3) is 3.94. The van der Waals surface area contributed by atoms with Gasteiger partial charge in [-0.05, 0) is 45.0 Å². The minimum absolute atomic E-state index is 0.0664. The molecule has 3 rings (SSSR count). The standard InChI is InChI=1S/C20H17BrN2O2/c1-12-4-6-15(7-5-12)19-18(14(3)24)13(2)22-20(23-19)25-17-10-8-16(21)9-11-17/h4-11H,1-3H3. The summed E-state index contributed by atoms with van der Waals surface area (Å²) >= 11 is 3.39. The van der Waals surface area contributed by atoms with E-state index in [2.05, 4.69) is 25.9 Å². The van der Waals surface area contributed by atoms with Crippen LogP contribution < -0.4 is 4.74 Å². The van der Waals surface area contributed by atoms with Crippen LogP contribution in [0.1, 0.15) is 28.5 Å². The first-order chi connectivity index (χ1) is 11.9. The number of carbonyl (C=O) groups is 1. The van der Waals surface area contributed by atoms with Crippen molar-refractivity contribution >= 4 is 21.7 Å². The third-order valence-corrected chi connectivity index (χ3v) is 4.30. The van der Waals surface area contributed by atoms with Gasteiger partial charge in [0.05, 0.1) is 17.0 Å². The molecular weight excluding hydrogens is 380 g/mol. The van der Waals surface area contributed by atoms with Crippen LogP contribution >= 0.6 is 15.9 Å². The number of aromatic nitrogens is 2. The molecule has 0 saturated carbocycles. The topological polar surface area (TPSA) is 52.1 Å². The molecule has 126 valence electrons. The molecule has 0 bridgehead atoms. The smallest absolute Gasteiger partial charge is 0.322 e. The Morgan fingerprint density at radius 3 is 2.20 bits per heavy atom. The van der Waals surface area contributed by atoms with Gasteiger partial charge < -0.3 is 4.74 Å². The molecule has 3 aromatic rings. The van der Waals surface area contributed by atoms with Gasteiger partial charge in [-0.25, -0.2) is 0 Å². The van der Waals surface area contributed by atoms with Gasteiger partial charge in [0, 0.05) is 10.0 Å². The van der Waals surface area contributed by atoms with Crippen molar-refractivity contribution in [1.29, 1.82) is 0 Å². The van der Waals surface area contributed by atoms with Gasteiger partial charge in [0.1, 0.15) is 5.75 Å². The van der Waals surface area contributed by atoms with Crippen molar-refractivity contribution in [3.8, 4) is 23.0 Å². The highest BCUT2D eigenvalue weighted by atomic mass is 79.9. The van der Waals surface area contributed by atoms with Crippen molar-refractivity contribution < 1.29 is 9.53 Å². The van der Waals surface area contributed by atoms with Gasteiger partial charge in [0.15, 0.2) is 5.78 Å². The van der Waals surface area contributed by atoms with Crippen LogP contribution in [0, 0.1) is 13.8 Å². The Morgan fingerprint density at radius 2 is 1.60 bits per heavy atom. The molecule has 0 saturated heterocycles. The highest BCUT2D eigenvalue weighted by molar-refractivity contribution is 9.10. The zero-order valence-corrected chi connectivity index (χ0v) is 15.8. The molecule has 0 N–H and O–H groups in total. The fourth-order valence-corrected chi connectivity index (χ4v) is 2.81. The van der Waals surface area contributed by atoms with E-state index < -0.39 is 0 Å². The van der Waals surface area contributed by atoms with Gasteiger partial charge in [-0.3, -0.25) is 4.79 Å². The summed E-state index contributed by atoms with van der Waals surface area (Å²) in [5.41, 5.74) is 3.72. The predicted molar refractivity (Wildman–Crippen MR) is 101 cm³/mol. The second-order valence-electron chi connectivity index (χ2n) is 5.79. The maximum atomic E-state index is 12.1. The van der Waals surface area contributed by atoms with Crippen molar-refractivity contribution in [2.75, 3.05) is 0 Å². The second kappa shape index (κ2) is 7.15. The molecule has 1 aromatic heterocycles.